The van der Waals surface area contributed by atoms with Gasteiger partial charge >= 0.3 is 0 Å². The molecular formula is C72H68BClN2S. The van der Waals surface area contributed by atoms with Crippen LogP contribution in [0.3, 0.4) is 0 Å². The zero-order valence-electron chi connectivity index (χ0n) is 49.5. The molecule has 0 bridgehead atoms. The first-order valence-corrected chi connectivity index (χ1v) is 28.3. The molecule has 2 aliphatic rings. The van der Waals surface area contributed by atoms with E-state index in [1.807, 2.05) is 0 Å². The number of fused-ring (bicyclic) bond motifs is 6. The fourth-order valence-corrected chi connectivity index (χ4v) is 13.1. The molecule has 0 amide bonds. The Bertz CT molecular complexity index is 3970. The summed E-state index contributed by atoms with van der Waals surface area (Å²) in [7, 11) is 0. The van der Waals surface area contributed by atoms with Crippen LogP contribution in [0.4, 0.5) is 34.1 Å². The number of rotatable bonds is 6. The van der Waals surface area contributed by atoms with Gasteiger partial charge in [-0.05, 0) is 132 Å². The van der Waals surface area contributed by atoms with E-state index in [4.69, 9.17) is 11.6 Å². The molecule has 382 valence electrons. The largest absolute Gasteiger partial charge is 0.310 e. The molecule has 9 aromatic carbocycles. The molecule has 12 rings (SSSR count). The maximum Gasteiger partial charge on any atom is 0.264 e. The summed E-state index contributed by atoms with van der Waals surface area (Å²) >= 11 is 9.11. The highest BCUT2D eigenvalue weighted by atomic mass is 35.5. The molecule has 0 saturated carbocycles. The fourth-order valence-electron chi connectivity index (χ4n) is 11.6. The molecule has 3 heterocycles. The van der Waals surface area contributed by atoms with Crippen molar-refractivity contribution in [2.45, 2.75) is 105 Å². The van der Waals surface area contributed by atoms with Gasteiger partial charge < -0.3 is 9.80 Å². The molecule has 77 heavy (non-hydrogen) atoms. The Morgan fingerprint density at radius 2 is 0.805 bits per heavy atom. The van der Waals surface area contributed by atoms with Crippen molar-refractivity contribution in [3.63, 3.8) is 0 Å². The highest BCUT2D eigenvalue weighted by Gasteiger charge is 2.48. The van der Waals surface area contributed by atoms with E-state index >= 15 is 0 Å². The van der Waals surface area contributed by atoms with Crippen LogP contribution in [0.25, 0.3) is 54.6 Å². The SMILES string of the molecule is [2H]c1c([2H])c2c(c([2H])c1Cl)N(c1c(-c3ccccc3)cc(C(C)(C)C)cc1-c1ccccc1)c1cc(C(C)(C)C)cc3c1B2c1sc2cc(C(C)(C)C)ccc2c1N3c1c(-c2ccccc2)cc(C(C)(C)C)cc1-c1ccccc1. The van der Waals surface area contributed by atoms with E-state index < -0.39 is 6.71 Å². The van der Waals surface area contributed by atoms with Crippen molar-refractivity contribution in [1.82, 2.24) is 0 Å². The average molecular weight is 1040 g/mol. The van der Waals surface area contributed by atoms with Crippen LogP contribution < -0.4 is 25.5 Å². The summed E-state index contributed by atoms with van der Waals surface area (Å²) in [5.41, 5.74) is 19.4. The Balaban J connectivity index is 1.34. The highest BCUT2D eigenvalue weighted by molar-refractivity contribution is 7.33. The van der Waals surface area contributed by atoms with E-state index in [-0.39, 0.29) is 44.8 Å². The molecule has 2 nitrogen and oxygen atoms in total. The lowest BCUT2D eigenvalue weighted by atomic mass is 9.36. The first-order chi connectivity index (χ1) is 37.9. The Labute approximate surface area is 471 Å². The monoisotopic (exact) mass is 1040 g/mol. The van der Waals surface area contributed by atoms with Gasteiger partial charge in [-0.25, -0.2) is 0 Å². The van der Waals surface area contributed by atoms with E-state index in [9.17, 15) is 4.11 Å². The molecule has 1 aromatic heterocycles. The smallest absolute Gasteiger partial charge is 0.264 e. The molecule has 0 N–H and O–H groups in total. The molecule has 0 saturated heterocycles. The summed E-state index contributed by atoms with van der Waals surface area (Å²) < 4.78 is 32.8. The van der Waals surface area contributed by atoms with Crippen LogP contribution >= 0.6 is 22.9 Å². The lowest BCUT2D eigenvalue weighted by Gasteiger charge is -2.46. The molecule has 0 fully saturated rings. The maximum absolute atomic E-state index is 10.4. The lowest BCUT2D eigenvalue weighted by molar-refractivity contribution is 0.590. The van der Waals surface area contributed by atoms with Crippen molar-refractivity contribution in [2.75, 3.05) is 9.80 Å². The number of hydrogen-bond acceptors (Lipinski definition) is 3. The molecule has 2 aliphatic heterocycles. The predicted octanol–water partition coefficient (Wildman–Crippen LogP) is 19.5. The number of benzene rings is 9. The molecule has 0 atom stereocenters. The second kappa shape index (κ2) is 18.5. The first kappa shape index (κ1) is 47.1. The van der Waals surface area contributed by atoms with Crippen molar-refractivity contribution in [3.05, 3.63) is 221 Å². The van der Waals surface area contributed by atoms with Crippen LogP contribution in [0.2, 0.25) is 5.02 Å². The van der Waals surface area contributed by atoms with E-state index in [2.05, 4.69) is 269 Å². The summed E-state index contributed by atoms with van der Waals surface area (Å²) in [5.74, 6) is 0. The topological polar surface area (TPSA) is 6.48 Å². The van der Waals surface area contributed by atoms with Gasteiger partial charge in [-0.3, -0.25) is 0 Å². The average Bonchev–Trinajstić information content (AvgIpc) is 3.97. The lowest BCUT2D eigenvalue weighted by Crippen LogP contribution is -2.60. The molecule has 5 heteroatoms. The highest BCUT2D eigenvalue weighted by Crippen LogP contribution is 2.56. The normalized spacial score (nSPS) is 14.0. The van der Waals surface area contributed by atoms with E-state index in [0.717, 1.165) is 98.8 Å². The predicted molar refractivity (Wildman–Crippen MR) is 337 cm³/mol. The zero-order valence-corrected chi connectivity index (χ0v) is 48.1. The minimum absolute atomic E-state index is 0.0260. The van der Waals surface area contributed by atoms with Crippen LogP contribution in [0.15, 0.2) is 194 Å². The van der Waals surface area contributed by atoms with E-state index in [0.29, 0.717) is 11.2 Å². The number of hydrogen-bond donors (Lipinski definition) is 0. The van der Waals surface area contributed by atoms with Gasteiger partial charge in [0.1, 0.15) is 0 Å². The van der Waals surface area contributed by atoms with Gasteiger partial charge in [-0.2, -0.15) is 0 Å². The fraction of sp³-hybridized carbons (Fsp3) is 0.222. The summed E-state index contributed by atoms with van der Waals surface area (Å²) in [4.78, 5) is 4.90. The molecule has 0 spiro atoms. The second-order valence-corrected chi connectivity index (χ2v) is 26.8. The Morgan fingerprint density at radius 3 is 1.22 bits per heavy atom. The van der Waals surface area contributed by atoms with Gasteiger partial charge in [0.2, 0.25) is 0 Å². The zero-order chi connectivity index (χ0) is 56.5. The van der Waals surface area contributed by atoms with E-state index in [1.54, 1.807) is 11.3 Å². The second-order valence-electron chi connectivity index (χ2n) is 25.3. The molecule has 10 aromatic rings. The third kappa shape index (κ3) is 8.83. The van der Waals surface area contributed by atoms with Gasteiger partial charge in [0, 0.05) is 59.2 Å². The quantitative estimate of drug-likeness (QED) is 0.153. The Kier molecular flexibility index (Phi) is 11.3. The van der Waals surface area contributed by atoms with Gasteiger partial charge in [0.25, 0.3) is 6.71 Å². The van der Waals surface area contributed by atoms with Crippen molar-refractivity contribution in [3.8, 4) is 44.5 Å². The van der Waals surface area contributed by atoms with Crippen molar-refractivity contribution < 1.29 is 4.11 Å². The van der Waals surface area contributed by atoms with Crippen LogP contribution in [0, 0.1) is 0 Å². The van der Waals surface area contributed by atoms with Crippen LogP contribution in [-0.4, -0.2) is 6.71 Å². The van der Waals surface area contributed by atoms with Gasteiger partial charge in [-0.1, -0.05) is 234 Å². The number of halogens is 1. The third-order valence-corrected chi connectivity index (χ3v) is 17.3. The van der Waals surface area contributed by atoms with Crippen molar-refractivity contribution >= 4 is 89.6 Å². The van der Waals surface area contributed by atoms with Gasteiger partial charge in [0.05, 0.1) is 21.2 Å². The summed E-state index contributed by atoms with van der Waals surface area (Å²) in [5, 5.41) is 1.08. The Morgan fingerprint density at radius 1 is 0.416 bits per heavy atom. The molecule has 0 unspecified atom stereocenters. The number of nitrogens with zero attached hydrogens (tertiary/aromatic N) is 2. The van der Waals surface area contributed by atoms with Crippen LogP contribution in [0.5, 0.6) is 0 Å². The minimum Gasteiger partial charge on any atom is -0.310 e. The van der Waals surface area contributed by atoms with Crippen molar-refractivity contribution in [1.29, 1.82) is 0 Å². The summed E-state index contributed by atoms with van der Waals surface area (Å²) in [6.07, 6.45) is 0. The van der Waals surface area contributed by atoms with Crippen molar-refractivity contribution in [2.24, 2.45) is 0 Å². The Hall–Kier alpha value is -7.11. The van der Waals surface area contributed by atoms with Crippen LogP contribution in [0.1, 0.15) is 109 Å². The summed E-state index contributed by atoms with van der Waals surface area (Å²) in [6.45, 7) is 26.8. The third-order valence-electron chi connectivity index (χ3n) is 15.9. The van der Waals surface area contributed by atoms with E-state index in [1.165, 1.54) is 16.7 Å². The van der Waals surface area contributed by atoms with Gasteiger partial charge in [0.15, 0.2) is 0 Å². The maximum atomic E-state index is 10.4. The molecule has 0 aliphatic carbocycles. The number of thiophene rings is 1. The van der Waals surface area contributed by atoms with Gasteiger partial charge in [-0.15, -0.1) is 11.3 Å². The van der Waals surface area contributed by atoms with Crippen LogP contribution in [-0.2, 0) is 21.7 Å². The number of anilines is 6. The molecule has 0 radical (unpaired) electrons. The molecular weight excluding hydrogens is 971 g/mol. The summed E-state index contributed by atoms with van der Waals surface area (Å²) in [6, 6.07) is 64.2. The minimum atomic E-state index is -0.552. The standard InChI is InChI=1S/C72H68BClN2S/c1-69(2,3)49-33-35-54-63(43-49)77-68-67(54)76(66-57(47-29-21-15-22-30-47)39-51(71(7,8)9)40-58(66)48-31-23-16-24-32-48)62-42-52(72(10,11)12)41-61-64(62)73(68)59-36-34-53(74)44-60(59)75(61)65-55(45-25-17-13-18-26-45)37-50(70(4,5)6)38-56(65)46-27-19-14-20-28-46/h13-44H,1-12H3/i34D,36D,44D. The first-order valence-electron chi connectivity index (χ1n) is 28.6.